The van der Waals surface area contributed by atoms with E-state index in [4.69, 9.17) is 10.5 Å². The molecule has 2 aliphatic rings. The predicted octanol–water partition coefficient (Wildman–Crippen LogP) is 1.71. The third-order valence-corrected chi connectivity index (χ3v) is 5.62. The normalized spacial score (nSPS) is 40.4. The van der Waals surface area contributed by atoms with E-state index >= 15 is 0 Å². The highest BCUT2D eigenvalue weighted by atomic mass is 32.2. The van der Waals surface area contributed by atoms with Crippen molar-refractivity contribution in [2.45, 2.75) is 49.5 Å². The first kappa shape index (κ1) is 13.7. The minimum absolute atomic E-state index is 0.268. The van der Waals surface area contributed by atoms with Crippen LogP contribution in [0.5, 0.6) is 0 Å². The van der Waals surface area contributed by atoms with E-state index in [-0.39, 0.29) is 5.54 Å². The second kappa shape index (κ2) is 5.91. The number of hydrogen-bond donors (Lipinski definition) is 1. The van der Waals surface area contributed by atoms with Crippen LogP contribution >= 0.6 is 11.8 Å². The Kier molecular flexibility index (Phi) is 4.75. The van der Waals surface area contributed by atoms with Gasteiger partial charge >= 0.3 is 0 Å². The topological polar surface area (TPSA) is 38.5 Å². The van der Waals surface area contributed by atoms with Crippen LogP contribution in [0.1, 0.15) is 32.6 Å². The van der Waals surface area contributed by atoms with Crippen molar-refractivity contribution in [1.82, 2.24) is 4.90 Å². The zero-order valence-electron chi connectivity index (χ0n) is 11.2. The van der Waals surface area contributed by atoms with Crippen molar-refractivity contribution in [2.24, 2.45) is 5.73 Å². The molecule has 1 unspecified atom stereocenters. The van der Waals surface area contributed by atoms with Crippen LogP contribution in [0.15, 0.2) is 0 Å². The van der Waals surface area contributed by atoms with Gasteiger partial charge in [-0.1, -0.05) is 6.92 Å². The van der Waals surface area contributed by atoms with Crippen LogP contribution in [-0.2, 0) is 4.74 Å². The van der Waals surface area contributed by atoms with Gasteiger partial charge in [0.25, 0.3) is 0 Å². The number of nitrogens with zero attached hydrogens (tertiary/aromatic N) is 1. The molecule has 0 aromatic rings. The summed E-state index contributed by atoms with van der Waals surface area (Å²) in [5.74, 6) is 1.26. The van der Waals surface area contributed by atoms with E-state index in [1.165, 1.54) is 44.5 Å². The molecular formula is C13H26N2OS. The van der Waals surface area contributed by atoms with Gasteiger partial charge in [0, 0.05) is 43.3 Å². The van der Waals surface area contributed by atoms with Crippen molar-refractivity contribution >= 4 is 11.8 Å². The van der Waals surface area contributed by atoms with Crippen LogP contribution in [0.4, 0.5) is 0 Å². The van der Waals surface area contributed by atoms with Crippen molar-refractivity contribution in [3.8, 4) is 0 Å². The number of methoxy groups -OCH3 is 1. The van der Waals surface area contributed by atoms with Gasteiger partial charge in [0.15, 0.2) is 0 Å². The minimum Gasteiger partial charge on any atom is -0.381 e. The smallest absolute Gasteiger partial charge is 0.0572 e. The molecule has 2 fully saturated rings. The van der Waals surface area contributed by atoms with Crippen LogP contribution in [-0.4, -0.2) is 54.3 Å². The Labute approximate surface area is 109 Å². The highest BCUT2D eigenvalue weighted by Gasteiger charge is 2.40. The molecule has 0 bridgehead atoms. The standard InChI is InChI=1S/C13H26N2OS/c1-11-9-15(7-8-17-11)13(10-14)5-3-12(16-2)4-6-13/h11-12H,3-10,14H2,1-2H3. The molecule has 0 aromatic carbocycles. The van der Waals surface area contributed by atoms with E-state index < -0.39 is 0 Å². The van der Waals surface area contributed by atoms with Gasteiger partial charge in [-0.25, -0.2) is 0 Å². The average Bonchev–Trinajstić information content (AvgIpc) is 2.39. The van der Waals surface area contributed by atoms with Gasteiger partial charge in [-0.2, -0.15) is 11.8 Å². The molecule has 1 saturated heterocycles. The molecule has 100 valence electrons. The Bertz CT molecular complexity index is 242. The molecule has 2 N–H and O–H groups in total. The summed E-state index contributed by atoms with van der Waals surface area (Å²) >= 11 is 2.09. The summed E-state index contributed by atoms with van der Waals surface area (Å²) in [5, 5.41) is 0.757. The van der Waals surface area contributed by atoms with E-state index in [1.54, 1.807) is 0 Å². The maximum Gasteiger partial charge on any atom is 0.0572 e. The molecule has 0 radical (unpaired) electrons. The zero-order valence-corrected chi connectivity index (χ0v) is 12.0. The second-order valence-electron chi connectivity index (χ2n) is 5.49. The lowest BCUT2D eigenvalue weighted by molar-refractivity contribution is -0.00520. The van der Waals surface area contributed by atoms with Crippen molar-refractivity contribution in [1.29, 1.82) is 0 Å². The molecule has 1 heterocycles. The fourth-order valence-electron chi connectivity index (χ4n) is 3.26. The summed E-state index contributed by atoms with van der Waals surface area (Å²) in [4.78, 5) is 2.67. The van der Waals surface area contributed by atoms with E-state index in [0.29, 0.717) is 6.10 Å². The molecule has 0 spiro atoms. The second-order valence-corrected chi connectivity index (χ2v) is 7.04. The summed E-state index contributed by atoms with van der Waals surface area (Å²) in [7, 11) is 1.83. The Balaban J connectivity index is 1.99. The van der Waals surface area contributed by atoms with E-state index in [0.717, 1.165) is 11.8 Å². The lowest BCUT2D eigenvalue weighted by Crippen LogP contribution is -2.59. The summed E-state index contributed by atoms with van der Waals surface area (Å²) in [6.45, 7) is 5.56. The Hall–Kier alpha value is 0.230. The molecule has 1 saturated carbocycles. The Morgan fingerprint density at radius 1 is 1.41 bits per heavy atom. The van der Waals surface area contributed by atoms with Crippen LogP contribution in [0.2, 0.25) is 0 Å². The largest absolute Gasteiger partial charge is 0.381 e. The van der Waals surface area contributed by atoms with Crippen molar-refractivity contribution in [2.75, 3.05) is 32.5 Å². The molecule has 1 atom stereocenters. The molecule has 4 heteroatoms. The lowest BCUT2D eigenvalue weighted by Gasteiger charge is -2.49. The van der Waals surface area contributed by atoms with Crippen molar-refractivity contribution < 1.29 is 4.74 Å². The molecule has 0 amide bonds. The van der Waals surface area contributed by atoms with Gasteiger partial charge in [-0.05, 0) is 25.7 Å². The van der Waals surface area contributed by atoms with Gasteiger partial charge in [-0.15, -0.1) is 0 Å². The third-order valence-electron chi connectivity index (χ3n) is 4.49. The average molecular weight is 258 g/mol. The Morgan fingerprint density at radius 2 is 2.12 bits per heavy atom. The van der Waals surface area contributed by atoms with Crippen LogP contribution in [0, 0.1) is 0 Å². The molecular weight excluding hydrogens is 232 g/mol. The summed E-state index contributed by atoms with van der Waals surface area (Å²) in [6, 6.07) is 0. The SMILES string of the molecule is COC1CCC(CN)(N2CCSC(C)C2)CC1. The van der Waals surface area contributed by atoms with Crippen LogP contribution < -0.4 is 5.73 Å². The molecule has 17 heavy (non-hydrogen) atoms. The number of thioether (sulfide) groups is 1. The van der Waals surface area contributed by atoms with Gasteiger partial charge in [0.1, 0.15) is 0 Å². The van der Waals surface area contributed by atoms with E-state index in [9.17, 15) is 0 Å². The van der Waals surface area contributed by atoms with E-state index in [1.807, 2.05) is 7.11 Å². The van der Waals surface area contributed by atoms with Crippen molar-refractivity contribution in [3.63, 3.8) is 0 Å². The quantitative estimate of drug-likeness (QED) is 0.836. The lowest BCUT2D eigenvalue weighted by atomic mass is 9.78. The van der Waals surface area contributed by atoms with Gasteiger partial charge in [-0.3, -0.25) is 4.90 Å². The summed E-state index contributed by atoms with van der Waals surface area (Å²) in [5.41, 5.74) is 6.38. The first-order valence-electron chi connectivity index (χ1n) is 6.80. The Morgan fingerprint density at radius 3 is 2.65 bits per heavy atom. The van der Waals surface area contributed by atoms with Gasteiger partial charge in [0.2, 0.25) is 0 Å². The zero-order chi connectivity index (χ0) is 12.3. The fraction of sp³-hybridized carbons (Fsp3) is 1.00. The number of ether oxygens (including phenoxy) is 1. The fourth-order valence-corrected chi connectivity index (χ4v) is 4.28. The third kappa shape index (κ3) is 2.98. The first-order valence-corrected chi connectivity index (χ1v) is 7.84. The van der Waals surface area contributed by atoms with Gasteiger partial charge in [0.05, 0.1) is 6.10 Å². The van der Waals surface area contributed by atoms with Gasteiger partial charge < -0.3 is 10.5 Å². The monoisotopic (exact) mass is 258 g/mol. The minimum atomic E-state index is 0.268. The van der Waals surface area contributed by atoms with Crippen molar-refractivity contribution in [3.05, 3.63) is 0 Å². The number of rotatable bonds is 3. The van der Waals surface area contributed by atoms with E-state index in [2.05, 4.69) is 23.6 Å². The maximum absolute atomic E-state index is 6.11. The maximum atomic E-state index is 6.11. The summed E-state index contributed by atoms with van der Waals surface area (Å²) < 4.78 is 5.47. The molecule has 3 nitrogen and oxygen atoms in total. The predicted molar refractivity (Wildman–Crippen MR) is 74.5 cm³/mol. The summed E-state index contributed by atoms with van der Waals surface area (Å²) in [6.07, 6.45) is 5.22. The van der Waals surface area contributed by atoms with Crippen LogP contribution in [0.3, 0.4) is 0 Å². The molecule has 2 rings (SSSR count). The molecule has 0 aromatic heterocycles. The highest BCUT2D eigenvalue weighted by molar-refractivity contribution is 7.99. The highest BCUT2D eigenvalue weighted by Crippen LogP contribution is 2.36. The molecule has 1 aliphatic carbocycles. The molecule has 1 aliphatic heterocycles. The number of nitrogens with two attached hydrogens (primary N) is 1. The first-order chi connectivity index (χ1) is 8.20. The van der Waals surface area contributed by atoms with Crippen LogP contribution in [0.25, 0.3) is 0 Å². The number of hydrogen-bond acceptors (Lipinski definition) is 4.